The van der Waals surface area contributed by atoms with Crippen LogP contribution in [0.5, 0.6) is 0 Å². The van der Waals surface area contributed by atoms with Crippen LogP contribution in [0, 0.1) is 10.1 Å². The molecule has 0 saturated carbocycles. The summed E-state index contributed by atoms with van der Waals surface area (Å²) >= 11 is 0. The van der Waals surface area contributed by atoms with Crippen LogP contribution in [0.2, 0.25) is 0 Å². The van der Waals surface area contributed by atoms with Crippen LogP contribution in [-0.4, -0.2) is 22.8 Å². The van der Waals surface area contributed by atoms with Gasteiger partial charge in [0.25, 0.3) is 11.6 Å². The highest BCUT2D eigenvalue weighted by atomic mass is 16.6. The number of nitrogens with zero attached hydrogens (tertiary/aromatic N) is 2. The molecule has 0 spiro atoms. The van der Waals surface area contributed by atoms with Crippen molar-refractivity contribution in [2.24, 2.45) is 0 Å². The van der Waals surface area contributed by atoms with Gasteiger partial charge < -0.3 is 15.1 Å². The Balaban J connectivity index is 1.91. The number of amides is 1. The highest BCUT2D eigenvalue weighted by Crippen LogP contribution is 2.28. The number of aryl methyl sites for hydroxylation is 1. The second kappa shape index (κ2) is 6.87. The van der Waals surface area contributed by atoms with Gasteiger partial charge >= 0.3 is 0 Å². The van der Waals surface area contributed by atoms with Gasteiger partial charge in [-0.05, 0) is 18.2 Å². The first kappa shape index (κ1) is 17.5. The topological polar surface area (TPSA) is 103 Å². The van der Waals surface area contributed by atoms with Crippen molar-refractivity contribution in [2.75, 3.05) is 12.8 Å². The minimum absolute atomic E-state index is 0.0308. The lowest BCUT2D eigenvalue weighted by molar-refractivity contribution is -0.383. The SMILES string of the molecule is CCc1oc2ccccc2c1CN(C)C(=O)c1ccc(N)c([N+](=O)[O-])c1. The number of fused-ring (bicyclic) bond motifs is 1. The summed E-state index contributed by atoms with van der Waals surface area (Å²) in [6, 6.07) is 11.8. The Morgan fingerprint density at radius 1 is 1.27 bits per heavy atom. The van der Waals surface area contributed by atoms with Gasteiger partial charge in [0.05, 0.1) is 4.92 Å². The Bertz CT molecular complexity index is 994. The molecule has 0 atom stereocenters. The molecule has 7 heteroatoms. The molecule has 0 unspecified atom stereocenters. The molecule has 2 aromatic carbocycles. The highest BCUT2D eigenvalue weighted by Gasteiger charge is 2.21. The van der Waals surface area contributed by atoms with Crippen molar-refractivity contribution < 1.29 is 14.1 Å². The molecule has 0 aliphatic heterocycles. The van der Waals surface area contributed by atoms with Crippen LogP contribution >= 0.6 is 0 Å². The largest absolute Gasteiger partial charge is 0.461 e. The van der Waals surface area contributed by atoms with E-state index < -0.39 is 4.92 Å². The van der Waals surface area contributed by atoms with Crippen LogP contribution in [0.3, 0.4) is 0 Å². The number of furan rings is 1. The Labute approximate surface area is 150 Å². The van der Waals surface area contributed by atoms with Gasteiger partial charge in [0.15, 0.2) is 0 Å². The quantitative estimate of drug-likeness (QED) is 0.427. The zero-order valence-electron chi connectivity index (χ0n) is 14.6. The average Bonchev–Trinajstić information content (AvgIpc) is 2.99. The van der Waals surface area contributed by atoms with Crippen molar-refractivity contribution in [3.05, 3.63) is 69.5 Å². The summed E-state index contributed by atoms with van der Waals surface area (Å²) in [5.74, 6) is 0.509. The Hall–Kier alpha value is -3.35. The van der Waals surface area contributed by atoms with Crippen molar-refractivity contribution in [3.63, 3.8) is 0 Å². The molecule has 0 radical (unpaired) electrons. The summed E-state index contributed by atoms with van der Waals surface area (Å²) in [5.41, 5.74) is 7.31. The van der Waals surface area contributed by atoms with Crippen LogP contribution in [-0.2, 0) is 13.0 Å². The number of hydrogen-bond acceptors (Lipinski definition) is 5. The third-order valence-electron chi connectivity index (χ3n) is 4.32. The number of rotatable bonds is 5. The third-order valence-corrected chi connectivity index (χ3v) is 4.32. The van der Waals surface area contributed by atoms with Crippen LogP contribution in [0.15, 0.2) is 46.9 Å². The molecule has 1 heterocycles. The molecule has 3 rings (SSSR count). The molecule has 0 saturated heterocycles. The molecule has 2 N–H and O–H groups in total. The summed E-state index contributed by atoms with van der Waals surface area (Å²) in [4.78, 5) is 24.7. The maximum Gasteiger partial charge on any atom is 0.292 e. The number of benzene rings is 2. The molecule has 1 amide bonds. The standard InChI is InChI=1S/C19H19N3O4/c1-3-17-14(13-6-4-5-7-18(13)26-17)11-21(2)19(23)12-8-9-15(20)16(10-12)22(24)25/h4-10H,3,11,20H2,1-2H3. The smallest absolute Gasteiger partial charge is 0.292 e. The number of carbonyl (C=O) groups excluding carboxylic acids is 1. The van der Waals surface area contributed by atoms with Crippen molar-refractivity contribution in [3.8, 4) is 0 Å². The van der Waals surface area contributed by atoms with E-state index in [1.807, 2.05) is 31.2 Å². The number of nitrogen functional groups attached to an aromatic ring is 1. The van der Waals surface area contributed by atoms with E-state index in [1.54, 1.807) is 7.05 Å². The van der Waals surface area contributed by atoms with Gasteiger partial charge in [-0.25, -0.2) is 0 Å². The second-order valence-corrected chi connectivity index (χ2v) is 6.05. The molecule has 7 nitrogen and oxygen atoms in total. The lowest BCUT2D eigenvalue weighted by atomic mass is 10.1. The van der Waals surface area contributed by atoms with Gasteiger partial charge in [-0.1, -0.05) is 25.1 Å². The number of hydrogen-bond donors (Lipinski definition) is 1. The van der Waals surface area contributed by atoms with Crippen molar-refractivity contribution in [1.29, 1.82) is 0 Å². The molecular formula is C19H19N3O4. The first-order valence-corrected chi connectivity index (χ1v) is 8.21. The van der Waals surface area contributed by atoms with E-state index in [0.29, 0.717) is 13.0 Å². The number of nitro benzene ring substituents is 1. The zero-order chi connectivity index (χ0) is 18.8. The number of carbonyl (C=O) groups is 1. The van der Waals surface area contributed by atoms with Crippen molar-refractivity contribution >= 4 is 28.3 Å². The van der Waals surface area contributed by atoms with Crippen molar-refractivity contribution in [1.82, 2.24) is 4.90 Å². The first-order chi connectivity index (χ1) is 12.4. The first-order valence-electron chi connectivity index (χ1n) is 8.21. The van der Waals surface area contributed by atoms with E-state index in [2.05, 4.69) is 0 Å². The minimum Gasteiger partial charge on any atom is -0.461 e. The lowest BCUT2D eigenvalue weighted by Gasteiger charge is -2.17. The fourth-order valence-corrected chi connectivity index (χ4v) is 2.97. The minimum atomic E-state index is -0.592. The summed E-state index contributed by atoms with van der Waals surface area (Å²) in [7, 11) is 1.66. The van der Waals surface area contributed by atoms with Gasteiger partial charge in [-0.3, -0.25) is 14.9 Å². The van der Waals surface area contributed by atoms with Crippen LogP contribution < -0.4 is 5.73 Å². The predicted octanol–water partition coefficient (Wildman–Crippen LogP) is 3.76. The summed E-state index contributed by atoms with van der Waals surface area (Å²) in [6.45, 7) is 2.34. The number of para-hydroxylation sites is 1. The van der Waals surface area contributed by atoms with Gasteiger partial charge in [0.2, 0.25) is 0 Å². The van der Waals surface area contributed by atoms with Crippen LogP contribution in [0.1, 0.15) is 28.6 Å². The maximum absolute atomic E-state index is 12.7. The fourth-order valence-electron chi connectivity index (χ4n) is 2.97. The van der Waals surface area contributed by atoms with E-state index in [4.69, 9.17) is 10.2 Å². The number of nitro groups is 1. The third kappa shape index (κ3) is 3.11. The van der Waals surface area contributed by atoms with Gasteiger partial charge in [-0.15, -0.1) is 0 Å². The van der Waals surface area contributed by atoms with Gasteiger partial charge in [0, 0.05) is 42.6 Å². The molecule has 3 aromatic rings. The van der Waals surface area contributed by atoms with Crippen molar-refractivity contribution in [2.45, 2.75) is 19.9 Å². The highest BCUT2D eigenvalue weighted by molar-refractivity contribution is 5.95. The van der Waals surface area contributed by atoms with E-state index in [-0.39, 0.29) is 22.8 Å². The molecule has 1 aromatic heterocycles. The number of nitrogens with two attached hydrogens (primary N) is 1. The zero-order valence-corrected chi connectivity index (χ0v) is 14.6. The molecular weight excluding hydrogens is 334 g/mol. The molecule has 0 fully saturated rings. The Kier molecular flexibility index (Phi) is 4.62. The lowest BCUT2D eigenvalue weighted by Crippen LogP contribution is -2.26. The summed E-state index contributed by atoms with van der Waals surface area (Å²) in [6.07, 6.45) is 0.708. The second-order valence-electron chi connectivity index (χ2n) is 6.05. The summed E-state index contributed by atoms with van der Waals surface area (Å²) in [5, 5.41) is 12.0. The molecule has 134 valence electrons. The maximum atomic E-state index is 12.7. The average molecular weight is 353 g/mol. The monoisotopic (exact) mass is 353 g/mol. The van der Waals surface area contributed by atoms with E-state index in [9.17, 15) is 14.9 Å². The van der Waals surface area contributed by atoms with E-state index in [0.717, 1.165) is 22.3 Å². The van der Waals surface area contributed by atoms with E-state index >= 15 is 0 Å². The van der Waals surface area contributed by atoms with Crippen LogP contribution in [0.25, 0.3) is 11.0 Å². The predicted molar refractivity (Wildman–Crippen MR) is 98.9 cm³/mol. The van der Waals surface area contributed by atoms with Gasteiger partial charge in [-0.2, -0.15) is 0 Å². The van der Waals surface area contributed by atoms with E-state index in [1.165, 1.54) is 23.1 Å². The van der Waals surface area contributed by atoms with Crippen LogP contribution in [0.4, 0.5) is 11.4 Å². The van der Waals surface area contributed by atoms with Gasteiger partial charge in [0.1, 0.15) is 17.0 Å². The molecule has 0 bridgehead atoms. The normalized spacial score (nSPS) is 10.8. The molecule has 0 aliphatic rings. The Morgan fingerprint density at radius 3 is 2.69 bits per heavy atom. The number of anilines is 1. The molecule has 26 heavy (non-hydrogen) atoms. The molecule has 0 aliphatic carbocycles. The fraction of sp³-hybridized carbons (Fsp3) is 0.211. The summed E-state index contributed by atoms with van der Waals surface area (Å²) < 4.78 is 5.86. The Morgan fingerprint density at radius 2 is 2.00 bits per heavy atom.